The van der Waals surface area contributed by atoms with Crippen molar-refractivity contribution in [3.8, 4) is 11.5 Å². The summed E-state index contributed by atoms with van der Waals surface area (Å²) in [5.74, 6) is -2.20. The number of hydrogen-bond acceptors (Lipinski definition) is 4. The third kappa shape index (κ3) is 2.85. The maximum Gasteiger partial charge on any atom is 0.199 e. The number of ketones is 2. The highest BCUT2D eigenvalue weighted by Gasteiger charge is 2.68. The van der Waals surface area contributed by atoms with E-state index in [9.17, 15) is 14.7 Å². The summed E-state index contributed by atoms with van der Waals surface area (Å²) < 4.78 is 5.69. The van der Waals surface area contributed by atoms with Crippen molar-refractivity contribution in [2.24, 2.45) is 0 Å². The molecule has 3 unspecified atom stereocenters. The summed E-state index contributed by atoms with van der Waals surface area (Å²) in [4.78, 5) is 22.3. The molecule has 4 nitrogen and oxygen atoms in total. The molecule has 28 heavy (non-hydrogen) atoms. The van der Waals surface area contributed by atoms with Crippen LogP contribution < -0.4 is 4.74 Å². The Labute approximate surface area is 195 Å². The average molecular weight is 574 g/mol. The minimum absolute atomic E-state index is 0.0207. The molecule has 0 fully saturated rings. The van der Waals surface area contributed by atoms with Gasteiger partial charge in [0.25, 0.3) is 0 Å². The Morgan fingerprint density at radius 1 is 1.25 bits per heavy atom. The smallest absolute Gasteiger partial charge is 0.199 e. The van der Waals surface area contributed by atoms with E-state index in [0.717, 1.165) is 0 Å². The topological polar surface area (TPSA) is 63.6 Å². The van der Waals surface area contributed by atoms with E-state index in [1.807, 2.05) is 22.6 Å². The van der Waals surface area contributed by atoms with Crippen molar-refractivity contribution < 1.29 is 19.4 Å². The fourth-order valence-electron chi connectivity index (χ4n) is 3.62. The number of ether oxygens (including phenoxy) is 1. The number of rotatable bonds is 3. The summed E-state index contributed by atoms with van der Waals surface area (Å²) in [5.41, 5.74) is 1.10. The van der Waals surface area contributed by atoms with Gasteiger partial charge in [-0.1, -0.05) is 41.9 Å². The number of benzene rings is 1. The molecule has 0 heterocycles. The van der Waals surface area contributed by atoms with Crippen LogP contribution in [0.15, 0.2) is 46.5 Å². The van der Waals surface area contributed by atoms with Crippen LogP contribution in [-0.4, -0.2) is 33.5 Å². The van der Waals surface area contributed by atoms with Crippen LogP contribution in [0.2, 0.25) is 0 Å². The molecule has 0 saturated heterocycles. The predicted molar refractivity (Wildman–Crippen MR) is 119 cm³/mol. The Hall–Kier alpha value is -0.730. The minimum atomic E-state index is -1.94. The number of phenolic OH excluding ortho intramolecular Hbond substituents is 1. The summed E-state index contributed by atoms with van der Waals surface area (Å²) in [6, 6.07) is 3.18. The van der Waals surface area contributed by atoms with Gasteiger partial charge in [0.15, 0.2) is 23.1 Å². The van der Waals surface area contributed by atoms with Crippen LogP contribution in [0.5, 0.6) is 11.5 Å². The fourth-order valence-corrected chi connectivity index (χ4v) is 5.70. The third-order valence-corrected chi connectivity index (χ3v) is 8.12. The number of hydrogen-bond donors (Lipinski definition) is 1. The molecule has 0 aromatic heterocycles. The SMILES string of the molecule is C=CC1=CCC2(Cl)C(=O)C(Cl)=C(Cl)C(=O)C2(Cl)C1c1cc(I)c(O)c(OC)c1. The Morgan fingerprint density at radius 3 is 2.43 bits per heavy atom. The number of halogens is 5. The molecular weight excluding hydrogens is 561 g/mol. The number of carbonyl (C=O) groups excluding carboxylic acids is 2. The molecule has 2 aliphatic rings. The van der Waals surface area contributed by atoms with Gasteiger partial charge in [-0.25, -0.2) is 0 Å². The summed E-state index contributed by atoms with van der Waals surface area (Å²) in [6.45, 7) is 3.79. The maximum absolute atomic E-state index is 13.2. The van der Waals surface area contributed by atoms with Crippen molar-refractivity contribution in [2.75, 3.05) is 7.11 Å². The van der Waals surface area contributed by atoms with Gasteiger partial charge in [0.1, 0.15) is 19.8 Å². The normalized spacial score (nSPS) is 30.1. The molecule has 0 aliphatic heterocycles. The van der Waals surface area contributed by atoms with Crippen molar-refractivity contribution in [3.05, 3.63) is 55.6 Å². The van der Waals surface area contributed by atoms with Crippen molar-refractivity contribution in [1.82, 2.24) is 0 Å². The zero-order valence-electron chi connectivity index (χ0n) is 14.4. The Bertz CT molecular complexity index is 986. The van der Waals surface area contributed by atoms with Gasteiger partial charge in [-0.15, -0.1) is 23.2 Å². The predicted octanol–water partition coefficient (Wildman–Crippen LogP) is 5.40. The molecule has 0 radical (unpaired) electrons. The van der Waals surface area contributed by atoms with Crippen LogP contribution in [0.1, 0.15) is 17.9 Å². The van der Waals surface area contributed by atoms with Crippen LogP contribution in [-0.2, 0) is 9.59 Å². The van der Waals surface area contributed by atoms with Gasteiger partial charge in [-0.3, -0.25) is 9.59 Å². The number of methoxy groups -OCH3 is 1. The second-order valence-corrected chi connectivity index (χ2v) is 9.56. The summed E-state index contributed by atoms with van der Waals surface area (Å²) in [7, 11) is 1.40. The molecule has 3 atom stereocenters. The highest BCUT2D eigenvalue weighted by molar-refractivity contribution is 14.1. The van der Waals surface area contributed by atoms with Crippen LogP contribution >= 0.6 is 69.0 Å². The van der Waals surface area contributed by atoms with Crippen LogP contribution in [0.3, 0.4) is 0 Å². The van der Waals surface area contributed by atoms with Crippen LogP contribution in [0, 0.1) is 3.57 Å². The Balaban J connectivity index is 2.36. The van der Waals surface area contributed by atoms with Crippen molar-refractivity contribution in [3.63, 3.8) is 0 Å². The third-order valence-electron chi connectivity index (χ3n) is 5.05. The monoisotopic (exact) mass is 572 g/mol. The Morgan fingerprint density at radius 2 is 1.86 bits per heavy atom. The van der Waals surface area contributed by atoms with Gasteiger partial charge < -0.3 is 9.84 Å². The van der Waals surface area contributed by atoms with Crippen LogP contribution in [0.25, 0.3) is 0 Å². The van der Waals surface area contributed by atoms with Crippen LogP contribution in [0.4, 0.5) is 0 Å². The molecule has 1 aromatic rings. The average Bonchev–Trinajstić information content (AvgIpc) is 2.68. The lowest BCUT2D eigenvalue weighted by Gasteiger charge is -2.50. The first-order chi connectivity index (χ1) is 13.0. The number of carbonyl (C=O) groups is 2. The van der Waals surface area contributed by atoms with Gasteiger partial charge in [0.05, 0.1) is 10.7 Å². The Kier molecular flexibility index (Phi) is 5.89. The molecule has 0 spiro atoms. The lowest BCUT2D eigenvalue weighted by Crippen LogP contribution is -2.64. The highest BCUT2D eigenvalue weighted by Crippen LogP contribution is 2.60. The van der Waals surface area contributed by atoms with E-state index in [1.165, 1.54) is 13.2 Å². The van der Waals surface area contributed by atoms with Crippen molar-refractivity contribution in [1.29, 1.82) is 0 Å². The molecule has 1 N–H and O–H groups in total. The summed E-state index contributed by atoms with van der Waals surface area (Å²) in [5, 5.41) is 9.29. The number of phenols is 1. The molecule has 0 amide bonds. The van der Waals surface area contributed by atoms with Gasteiger partial charge in [-0.05, 0) is 52.3 Å². The molecule has 148 valence electrons. The van der Waals surface area contributed by atoms with E-state index in [4.69, 9.17) is 51.1 Å². The van der Waals surface area contributed by atoms with E-state index in [0.29, 0.717) is 14.7 Å². The van der Waals surface area contributed by atoms with Gasteiger partial charge >= 0.3 is 0 Å². The summed E-state index contributed by atoms with van der Waals surface area (Å²) in [6.07, 6.45) is 3.22. The minimum Gasteiger partial charge on any atom is -0.504 e. The zero-order valence-corrected chi connectivity index (χ0v) is 19.5. The fraction of sp³-hybridized carbons (Fsp3) is 0.263. The van der Waals surface area contributed by atoms with E-state index >= 15 is 0 Å². The molecule has 1 aromatic carbocycles. The van der Waals surface area contributed by atoms with E-state index in [2.05, 4.69) is 6.58 Å². The standard InChI is InChI=1S/C19H13Cl4IO4/c1-3-8-4-5-18(22)16(26)13(20)14(21)17(27)19(18,23)12(8)9-6-10(24)15(25)11(7-9)28-2/h3-4,6-7,12,25H,1,5H2,2H3. The second-order valence-electron chi connectivity index (χ2n) is 6.40. The first-order valence-electron chi connectivity index (χ1n) is 7.96. The molecule has 2 aliphatic carbocycles. The van der Waals surface area contributed by atoms with Gasteiger partial charge in [0.2, 0.25) is 0 Å². The lowest BCUT2D eigenvalue weighted by molar-refractivity contribution is -0.127. The molecule has 9 heteroatoms. The first kappa shape index (κ1) is 22.0. The number of alkyl halides is 2. The quantitative estimate of drug-likeness (QED) is 0.388. The number of allylic oxidation sites excluding steroid dienone is 5. The van der Waals surface area contributed by atoms with Crippen molar-refractivity contribution in [2.45, 2.75) is 22.1 Å². The first-order valence-corrected chi connectivity index (χ1v) is 10.5. The highest BCUT2D eigenvalue weighted by atomic mass is 127. The van der Waals surface area contributed by atoms with Crippen molar-refractivity contribution >= 4 is 80.6 Å². The largest absolute Gasteiger partial charge is 0.504 e. The summed E-state index contributed by atoms with van der Waals surface area (Å²) >= 11 is 27.6. The number of aromatic hydroxyl groups is 1. The van der Waals surface area contributed by atoms with Gasteiger partial charge in [0, 0.05) is 5.92 Å². The van der Waals surface area contributed by atoms with E-state index in [-0.39, 0.29) is 17.9 Å². The molecule has 0 saturated carbocycles. The van der Waals surface area contributed by atoms with Gasteiger partial charge in [-0.2, -0.15) is 0 Å². The lowest BCUT2D eigenvalue weighted by atomic mass is 9.62. The number of Topliss-reactive ketones (excluding diaryl/α,β-unsaturated/α-hetero) is 2. The van der Waals surface area contributed by atoms with E-state index < -0.39 is 37.3 Å². The second kappa shape index (κ2) is 7.51. The molecular formula is C19H13Cl4IO4. The number of fused-ring (bicyclic) bond motifs is 1. The maximum atomic E-state index is 13.2. The molecule has 0 bridgehead atoms. The van der Waals surface area contributed by atoms with E-state index in [1.54, 1.807) is 18.2 Å². The zero-order chi connectivity index (χ0) is 21.0. The molecule has 3 rings (SSSR count).